The minimum Gasteiger partial charge on any atom is -0.369 e. The molecule has 1 aromatic heterocycles. The lowest BCUT2D eigenvalue weighted by Crippen LogP contribution is -2.43. The van der Waals surface area contributed by atoms with Crippen LogP contribution in [0.1, 0.15) is 30.1 Å². The molecular formula is C14H21ClN4O. The van der Waals surface area contributed by atoms with Crippen molar-refractivity contribution in [2.75, 3.05) is 32.0 Å². The largest absolute Gasteiger partial charge is 0.369 e. The lowest BCUT2D eigenvalue weighted by atomic mass is 10.1. The van der Waals surface area contributed by atoms with Gasteiger partial charge in [-0.25, -0.2) is 4.98 Å². The Morgan fingerprint density at radius 1 is 1.50 bits per heavy atom. The monoisotopic (exact) mass is 296 g/mol. The van der Waals surface area contributed by atoms with E-state index in [9.17, 15) is 4.79 Å². The van der Waals surface area contributed by atoms with Gasteiger partial charge < -0.3 is 15.5 Å². The van der Waals surface area contributed by atoms with Crippen molar-refractivity contribution in [2.24, 2.45) is 0 Å². The van der Waals surface area contributed by atoms with E-state index in [-0.39, 0.29) is 11.9 Å². The van der Waals surface area contributed by atoms with Gasteiger partial charge in [-0.15, -0.1) is 0 Å². The molecule has 1 aliphatic rings. The number of likely N-dealkylation sites (tertiary alicyclic amines) is 1. The minimum absolute atomic E-state index is 0.1000. The Kier molecular flexibility index (Phi) is 5.20. The zero-order chi connectivity index (χ0) is 14.5. The van der Waals surface area contributed by atoms with Gasteiger partial charge in [-0.2, -0.15) is 0 Å². The molecule has 110 valence electrons. The molecule has 2 rings (SSSR count). The second kappa shape index (κ2) is 6.90. The van der Waals surface area contributed by atoms with Crippen molar-refractivity contribution in [3.8, 4) is 0 Å². The number of nitrogens with one attached hydrogen (secondary N) is 2. The highest BCUT2D eigenvalue weighted by molar-refractivity contribution is 6.33. The van der Waals surface area contributed by atoms with Crippen LogP contribution < -0.4 is 10.6 Å². The van der Waals surface area contributed by atoms with E-state index >= 15 is 0 Å². The fourth-order valence-corrected chi connectivity index (χ4v) is 2.51. The molecule has 0 saturated carbocycles. The third kappa shape index (κ3) is 3.84. The summed E-state index contributed by atoms with van der Waals surface area (Å²) in [6.07, 6.45) is 3.53. The Hall–Kier alpha value is -1.33. The number of piperidine rings is 1. The van der Waals surface area contributed by atoms with E-state index in [1.54, 1.807) is 12.3 Å². The van der Waals surface area contributed by atoms with Crippen molar-refractivity contribution < 1.29 is 4.79 Å². The lowest BCUT2D eigenvalue weighted by molar-refractivity contribution is 0.0916. The summed E-state index contributed by atoms with van der Waals surface area (Å²) in [6, 6.07) is 1.91. The Labute approximate surface area is 124 Å². The van der Waals surface area contributed by atoms with Crippen molar-refractivity contribution in [1.82, 2.24) is 15.2 Å². The molecule has 0 spiro atoms. The van der Waals surface area contributed by atoms with Gasteiger partial charge in [-0.3, -0.25) is 4.79 Å². The maximum absolute atomic E-state index is 12.2. The van der Waals surface area contributed by atoms with Gasteiger partial charge in [-0.1, -0.05) is 11.6 Å². The van der Waals surface area contributed by atoms with Crippen molar-refractivity contribution in [3.63, 3.8) is 0 Å². The molecule has 1 saturated heterocycles. The van der Waals surface area contributed by atoms with Crippen LogP contribution in [0.15, 0.2) is 12.3 Å². The topological polar surface area (TPSA) is 57.3 Å². The number of anilines is 1. The Bertz CT molecular complexity index is 472. The summed E-state index contributed by atoms with van der Waals surface area (Å²) < 4.78 is 0. The number of carbonyl (C=O) groups excluding carboxylic acids is 1. The highest BCUT2D eigenvalue weighted by atomic mass is 35.5. The predicted molar refractivity (Wildman–Crippen MR) is 81.4 cm³/mol. The summed E-state index contributed by atoms with van der Waals surface area (Å²) in [5.74, 6) is 0.516. The predicted octanol–water partition coefficient (Wildman–Crippen LogP) is 1.99. The molecule has 20 heavy (non-hydrogen) atoms. The number of halogens is 1. The van der Waals surface area contributed by atoms with E-state index in [1.165, 1.54) is 0 Å². The number of nitrogens with zero attached hydrogens (tertiary/aromatic N) is 2. The number of pyridine rings is 1. The summed E-state index contributed by atoms with van der Waals surface area (Å²) >= 11 is 6.10. The average molecular weight is 297 g/mol. The Morgan fingerprint density at radius 3 is 2.80 bits per heavy atom. The van der Waals surface area contributed by atoms with E-state index in [0.717, 1.165) is 32.5 Å². The summed E-state index contributed by atoms with van der Waals surface area (Å²) in [4.78, 5) is 18.6. The minimum atomic E-state index is -0.1000. The van der Waals surface area contributed by atoms with Gasteiger partial charge in [0.05, 0.1) is 10.6 Å². The molecule has 1 amide bonds. The van der Waals surface area contributed by atoms with Crippen LogP contribution in [-0.2, 0) is 0 Å². The van der Waals surface area contributed by atoms with Gasteiger partial charge >= 0.3 is 0 Å². The van der Waals surface area contributed by atoms with Gasteiger partial charge in [0.15, 0.2) is 0 Å². The number of rotatable bonds is 4. The van der Waals surface area contributed by atoms with E-state index < -0.39 is 0 Å². The Morgan fingerprint density at radius 2 is 2.20 bits per heavy atom. The lowest BCUT2D eigenvalue weighted by Gasteiger charge is -2.29. The molecule has 2 N–H and O–H groups in total. The molecule has 1 aromatic rings. The smallest absolute Gasteiger partial charge is 0.253 e. The first-order valence-corrected chi connectivity index (χ1v) is 7.36. The van der Waals surface area contributed by atoms with Crippen LogP contribution >= 0.6 is 11.6 Å². The second-order valence-corrected chi connectivity index (χ2v) is 5.54. The summed E-state index contributed by atoms with van der Waals surface area (Å²) in [6.45, 7) is 4.75. The van der Waals surface area contributed by atoms with Crippen LogP contribution in [0, 0.1) is 0 Å². The van der Waals surface area contributed by atoms with E-state index in [0.29, 0.717) is 16.4 Å². The number of amides is 1. The van der Waals surface area contributed by atoms with Crippen LogP contribution in [0.5, 0.6) is 0 Å². The molecule has 0 unspecified atom stereocenters. The molecular weight excluding hydrogens is 276 g/mol. The normalized spacial score (nSPS) is 16.9. The molecule has 6 heteroatoms. The third-order valence-corrected chi connectivity index (χ3v) is 3.79. The number of hydrogen-bond acceptors (Lipinski definition) is 4. The zero-order valence-corrected chi connectivity index (χ0v) is 12.7. The Balaban J connectivity index is 1.97. The molecule has 0 atom stereocenters. The van der Waals surface area contributed by atoms with Gasteiger partial charge in [0, 0.05) is 18.8 Å². The van der Waals surface area contributed by atoms with Crippen molar-refractivity contribution in [3.05, 3.63) is 22.8 Å². The van der Waals surface area contributed by atoms with Crippen LogP contribution in [-0.4, -0.2) is 48.5 Å². The highest BCUT2D eigenvalue weighted by Crippen LogP contribution is 2.20. The molecule has 0 bridgehead atoms. The molecule has 0 aliphatic carbocycles. The van der Waals surface area contributed by atoms with Crippen molar-refractivity contribution >= 4 is 23.3 Å². The maximum atomic E-state index is 12.2. The average Bonchev–Trinajstić information content (AvgIpc) is 2.44. The van der Waals surface area contributed by atoms with E-state index in [2.05, 4.69) is 27.6 Å². The first-order valence-electron chi connectivity index (χ1n) is 6.99. The maximum Gasteiger partial charge on any atom is 0.253 e. The highest BCUT2D eigenvalue weighted by Gasteiger charge is 2.19. The fourth-order valence-electron chi connectivity index (χ4n) is 2.28. The summed E-state index contributed by atoms with van der Waals surface area (Å²) in [5.41, 5.74) is 0.510. The molecule has 2 heterocycles. The number of carbonyl (C=O) groups is 1. The van der Waals surface area contributed by atoms with Crippen LogP contribution in [0.2, 0.25) is 5.02 Å². The second-order valence-electron chi connectivity index (χ2n) is 5.14. The van der Waals surface area contributed by atoms with E-state index in [1.807, 2.05) is 6.92 Å². The van der Waals surface area contributed by atoms with Gasteiger partial charge in [0.1, 0.15) is 5.82 Å². The van der Waals surface area contributed by atoms with E-state index in [4.69, 9.17) is 11.6 Å². The van der Waals surface area contributed by atoms with Crippen molar-refractivity contribution in [2.45, 2.75) is 25.8 Å². The van der Waals surface area contributed by atoms with Gasteiger partial charge in [-0.05, 0) is 46.0 Å². The van der Waals surface area contributed by atoms with Crippen molar-refractivity contribution in [1.29, 1.82) is 0 Å². The first-order chi connectivity index (χ1) is 9.60. The quantitative estimate of drug-likeness (QED) is 0.892. The van der Waals surface area contributed by atoms with Crippen LogP contribution in [0.4, 0.5) is 5.82 Å². The number of hydrogen-bond donors (Lipinski definition) is 2. The molecule has 1 fully saturated rings. The summed E-state index contributed by atoms with van der Waals surface area (Å²) in [5, 5.41) is 6.57. The SMILES string of the molecule is CCNc1ncc(C(=O)NC2CCN(C)CC2)cc1Cl. The molecule has 0 radical (unpaired) electrons. The fraction of sp³-hybridized carbons (Fsp3) is 0.571. The molecule has 0 aromatic carbocycles. The number of aromatic nitrogens is 1. The first kappa shape index (κ1) is 15.1. The van der Waals surface area contributed by atoms with Gasteiger partial charge in [0.2, 0.25) is 0 Å². The van der Waals surface area contributed by atoms with Gasteiger partial charge in [0.25, 0.3) is 5.91 Å². The summed E-state index contributed by atoms with van der Waals surface area (Å²) in [7, 11) is 2.10. The zero-order valence-electron chi connectivity index (χ0n) is 11.9. The molecule has 5 nitrogen and oxygen atoms in total. The molecule has 1 aliphatic heterocycles. The standard InChI is InChI=1S/C14H21ClN4O/c1-3-16-13-12(15)8-10(9-17-13)14(20)18-11-4-6-19(2)7-5-11/h8-9,11H,3-7H2,1-2H3,(H,16,17)(H,18,20). The van der Waals surface area contributed by atoms with Crippen LogP contribution in [0.3, 0.4) is 0 Å². The van der Waals surface area contributed by atoms with Crippen LogP contribution in [0.25, 0.3) is 0 Å². The third-order valence-electron chi connectivity index (χ3n) is 3.50.